The van der Waals surface area contributed by atoms with Crippen LogP contribution in [0.4, 0.5) is 0 Å². The molecule has 3 unspecified atom stereocenters. The smallest absolute Gasteiger partial charge is 0.251 e. The number of amides is 1. The number of nitrogens with one attached hydrogen (secondary N) is 1. The molecular weight excluding hydrogens is 254 g/mol. The van der Waals surface area contributed by atoms with E-state index < -0.39 is 6.10 Å². The van der Waals surface area contributed by atoms with E-state index in [4.69, 9.17) is 21.1 Å². The van der Waals surface area contributed by atoms with Crippen LogP contribution in [0.5, 0.6) is 0 Å². The van der Waals surface area contributed by atoms with Crippen LogP contribution < -0.4 is 5.32 Å². The Morgan fingerprint density at radius 3 is 2.67 bits per heavy atom. The molecule has 0 aromatic rings. The highest BCUT2D eigenvalue weighted by Gasteiger charge is 2.27. The second-order valence-electron chi connectivity index (χ2n) is 5.14. The standard InChI is InChI=1S/C13H22ClNO3/c14-7-10-3-1-2-4-11(10)8-15-13(16)12-9-17-5-6-18-12/h10-12H,1-9H2,(H,15,16). The van der Waals surface area contributed by atoms with Gasteiger partial charge >= 0.3 is 0 Å². The van der Waals surface area contributed by atoms with Crippen LogP contribution in [0.1, 0.15) is 25.7 Å². The SMILES string of the molecule is O=C(NCC1CCCCC1CCl)C1COCCO1. The number of rotatable bonds is 4. The molecule has 1 aliphatic carbocycles. The molecule has 1 amide bonds. The van der Waals surface area contributed by atoms with Crippen molar-refractivity contribution in [3.63, 3.8) is 0 Å². The molecule has 0 spiro atoms. The molecule has 5 heteroatoms. The fourth-order valence-electron chi connectivity index (χ4n) is 2.74. The maximum atomic E-state index is 11.9. The van der Waals surface area contributed by atoms with Gasteiger partial charge in [0.05, 0.1) is 19.8 Å². The predicted molar refractivity (Wildman–Crippen MR) is 69.7 cm³/mol. The molecule has 1 saturated carbocycles. The molecular formula is C13H22ClNO3. The van der Waals surface area contributed by atoms with Crippen LogP contribution in [0.15, 0.2) is 0 Å². The van der Waals surface area contributed by atoms with E-state index in [0.29, 0.717) is 37.5 Å². The van der Waals surface area contributed by atoms with Crippen LogP contribution in [-0.4, -0.2) is 44.3 Å². The van der Waals surface area contributed by atoms with Crippen molar-refractivity contribution in [2.45, 2.75) is 31.8 Å². The second kappa shape index (κ2) is 7.31. The van der Waals surface area contributed by atoms with Crippen molar-refractivity contribution < 1.29 is 14.3 Å². The minimum atomic E-state index is -0.434. The summed E-state index contributed by atoms with van der Waals surface area (Å²) in [4.78, 5) is 11.9. The normalized spacial score (nSPS) is 33.1. The van der Waals surface area contributed by atoms with Crippen molar-refractivity contribution in [2.75, 3.05) is 32.2 Å². The van der Waals surface area contributed by atoms with Crippen LogP contribution in [0.25, 0.3) is 0 Å². The van der Waals surface area contributed by atoms with Crippen LogP contribution in [-0.2, 0) is 14.3 Å². The third kappa shape index (κ3) is 3.84. The molecule has 0 aromatic carbocycles. The number of carbonyl (C=O) groups excluding carboxylic acids is 1. The van der Waals surface area contributed by atoms with E-state index in [1.165, 1.54) is 25.7 Å². The van der Waals surface area contributed by atoms with Crippen LogP contribution >= 0.6 is 11.6 Å². The van der Waals surface area contributed by atoms with Crippen molar-refractivity contribution in [2.24, 2.45) is 11.8 Å². The Hall–Kier alpha value is -0.320. The predicted octanol–water partition coefficient (Wildman–Crippen LogP) is 1.56. The summed E-state index contributed by atoms with van der Waals surface area (Å²) in [5, 5.41) is 2.98. The quantitative estimate of drug-likeness (QED) is 0.792. The highest BCUT2D eigenvalue weighted by molar-refractivity contribution is 6.18. The number of hydrogen-bond acceptors (Lipinski definition) is 3. The third-order valence-corrected chi connectivity index (χ3v) is 4.31. The molecule has 0 bridgehead atoms. The summed E-state index contributed by atoms with van der Waals surface area (Å²) in [5.74, 6) is 1.71. The van der Waals surface area contributed by atoms with E-state index in [1.807, 2.05) is 0 Å². The fourth-order valence-corrected chi connectivity index (χ4v) is 3.15. The van der Waals surface area contributed by atoms with Crippen molar-refractivity contribution >= 4 is 17.5 Å². The summed E-state index contributed by atoms with van der Waals surface area (Å²) >= 11 is 5.98. The Balaban J connectivity index is 1.73. The second-order valence-corrected chi connectivity index (χ2v) is 5.45. The monoisotopic (exact) mass is 275 g/mol. The summed E-state index contributed by atoms with van der Waals surface area (Å²) in [5.41, 5.74) is 0. The molecule has 0 radical (unpaired) electrons. The third-order valence-electron chi connectivity index (χ3n) is 3.91. The number of hydrogen-bond donors (Lipinski definition) is 1. The lowest BCUT2D eigenvalue weighted by atomic mass is 9.80. The van der Waals surface area contributed by atoms with Crippen LogP contribution in [0.2, 0.25) is 0 Å². The number of ether oxygens (including phenoxy) is 2. The van der Waals surface area contributed by atoms with E-state index in [9.17, 15) is 4.79 Å². The van der Waals surface area contributed by atoms with Crippen LogP contribution in [0.3, 0.4) is 0 Å². The van der Waals surface area contributed by atoms with Gasteiger partial charge in [0.1, 0.15) is 0 Å². The van der Waals surface area contributed by atoms with Gasteiger partial charge in [0.2, 0.25) is 0 Å². The van der Waals surface area contributed by atoms with Gasteiger partial charge in [-0.2, -0.15) is 0 Å². The molecule has 1 N–H and O–H groups in total. The average Bonchev–Trinajstić information content (AvgIpc) is 2.46. The minimum Gasteiger partial charge on any atom is -0.376 e. The topological polar surface area (TPSA) is 47.6 Å². The van der Waals surface area contributed by atoms with Crippen molar-refractivity contribution in [3.05, 3.63) is 0 Å². The van der Waals surface area contributed by atoms with E-state index in [2.05, 4.69) is 5.32 Å². The van der Waals surface area contributed by atoms with Crippen molar-refractivity contribution in [3.8, 4) is 0 Å². The van der Waals surface area contributed by atoms with Crippen LogP contribution in [0, 0.1) is 11.8 Å². The van der Waals surface area contributed by atoms with E-state index in [1.54, 1.807) is 0 Å². The van der Waals surface area contributed by atoms with Gasteiger partial charge < -0.3 is 14.8 Å². The first kappa shape index (κ1) is 14.1. The van der Waals surface area contributed by atoms with Gasteiger partial charge in [0, 0.05) is 12.4 Å². The molecule has 2 rings (SSSR count). The maximum absolute atomic E-state index is 11.9. The summed E-state index contributed by atoms with van der Waals surface area (Å²) in [6.07, 6.45) is 4.43. The molecule has 104 valence electrons. The first-order valence-corrected chi connectivity index (χ1v) is 7.37. The summed E-state index contributed by atoms with van der Waals surface area (Å²) < 4.78 is 10.6. The molecule has 2 fully saturated rings. The number of halogens is 1. The zero-order valence-electron chi connectivity index (χ0n) is 10.7. The van der Waals surface area contributed by atoms with Crippen molar-refractivity contribution in [1.82, 2.24) is 5.32 Å². The fraction of sp³-hybridized carbons (Fsp3) is 0.923. The first-order chi connectivity index (χ1) is 8.81. The molecule has 2 aliphatic rings. The zero-order valence-corrected chi connectivity index (χ0v) is 11.5. The summed E-state index contributed by atoms with van der Waals surface area (Å²) in [6.45, 7) is 2.18. The molecule has 0 aromatic heterocycles. The Morgan fingerprint density at radius 2 is 2.00 bits per heavy atom. The lowest BCUT2D eigenvalue weighted by molar-refractivity contribution is -0.147. The Bertz CT molecular complexity index is 269. The van der Waals surface area contributed by atoms with Gasteiger partial charge in [-0.05, 0) is 24.7 Å². The Labute approximate surface area is 113 Å². The average molecular weight is 276 g/mol. The van der Waals surface area contributed by atoms with Gasteiger partial charge in [-0.25, -0.2) is 0 Å². The van der Waals surface area contributed by atoms with E-state index in [-0.39, 0.29) is 5.91 Å². The van der Waals surface area contributed by atoms with E-state index >= 15 is 0 Å². The van der Waals surface area contributed by atoms with Gasteiger partial charge in [-0.1, -0.05) is 12.8 Å². The highest BCUT2D eigenvalue weighted by atomic mass is 35.5. The van der Waals surface area contributed by atoms with Gasteiger partial charge in [-0.3, -0.25) is 4.79 Å². The first-order valence-electron chi connectivity index (χ1n) is 6.84. The molecule has 1 heterocycles. The molecule has 18 heavy (non-hydrogen) atoms. The van der Waals surface area contributed by atoms with Gasteiger partial charge in [0.15, 0.2) is 6.10 Å². The van der Waals surface area contributed by atoms with Crippen molar-refractivity contribution in [1.29, 1.82) is 0 Å². The lowest BCUT2D eigenvalue weighted by Gasteiger charge is -2.31. The zero-order chi connectivity index (χ0) is 12.8. The summed E-state index contributed by atoms with van der Waals surface area (Å²) in [7, 11) is 0. The largest absolute Gasteiger partial charge is 0.376 e. The molecule has 1 saturated heterocycles. The molecule has 4 nitrogen and oxygen atoms in total. The van der Waals surface area contributed by atoms with E-state index in [0.717, 1.165) is 6.54 Å². The Morgan fingerprint density at radius 1 is 1.22 bits per heavy atom. The number of alkyl halides is 1. The Kier molecular flexibility index (Phi) is 5.73. The lowest BCUT2D eigenvalue weighted by Crippen LogP contribution is -2.45. The highest BCUT2D eigenvalue weighted by Crippen LogP contribution is 2.30. The summed E-state index contributed by atoms with van der Waals surface area (Å²) in [6, 6.07) is 0. The molecule has 1 aliphatic heterocycles. The number of carbonyl (C=O) groups is 1. The minimum absolute atomic E-state index is 0.0476. The van der Waals surface area contributed by atoms with Gasteiger partial charge in [-0.15, -0.1) is 11.6 Å². The molecule has 3 atom stereocenters. The van der Waals surface area contributed by atoms with Gasteiger partial charge in [0.25, 0.3) is 5.91 Å². The maximum Gasteiger partial charge on any atom is 0.251 e.